The number of hydrogen-bond acceptors (Lipinski definition) is 6. The lowest BCUT2D eigenvalue weighted by Crippen LogP contribution is -2.58. The highest BCUT2D eigenvalue weighted by atomic mass is 32.2. The molecule has 6 nitrogen and oxygen atoms in total. The number of aryl methyl sites for hydroxylation is 1. The van der Waals surface area contributed by atoms with E-state index < -0.39 is 0 Å². The van der Waals surface area contributed by atoms with Gasteiger partial charge in [0.05, 0.1) is 17.8 Å². The minimum atomic E-state index is -0.372. The quantitative estimate of drug-likeness (QED) is 0.409. The number of hydrogen-bond donors (Lipinski definition) is 0. The number of amides is 1. The highest BCUT2D eigenvalue weighted by molar-refractivity contribution is 7.99. The summed E-state index contributed by atoms with van der Waals surface area (Å²) in [4.78, 5) is 21.6. The van der Waals surface area contributed by atoms with Crippen LogP contribution in [-0.4, -0.2) is 52.3 Å². The highest BCUT2D eigenvalue weighted by Gasteiger charge is 2.37. The lowest BCUT2D eigenvalue weighted by Gasteiger charge is -2.45. The molecule has 2 aliphatic rings. The Morgan fingerprint density at radius 2 is 1.94 bits per heavy atom. The molecule has 2 aromatic rings. The Bertz CT molecular complexity index is 1180. The number of benzene rings is 1. The summed E-state index contributed by atoms with van der Waals surface area (Å²) in [5.41, 5.74) is 3.27. The highest BCUT2D eigenvalue weighted by Crippen LogP contribution is 2.39. The van der Waals surface area contributed by atoms with Crippen LogP contribution in [0, 0.1) is 17.1 Å². The van der Waals surface area contributed by atoms with Crippen LogP contribution in [0.1, 0.15) is 49.9 Å². The number of piperazine rings is 1. The van der Waals surface area contributed by atoms with E-state index in [4.69, 9.17) is 9.72 Å². The van der Waals surface area contributed by atoms with Crippen LogP contribution in [0.2, 0.25) is 0 Å². The summed E-state index contributed by atoms with van der Waals surface area (Å²) < 4.78 is 19.4. The SMILES string of the molecule is C=CC(=O)N1C(C)CN(c2nc(SCCc3ccc(F)cc3)c(C#N)c3c2COC(C)(C)C3)CC1C. The van der Waals surface area contributed by atoms with Crippen molar-refractivity contribution in [1.82, 2.24) is 9.88 Å². The number of ether oxygens (including phenoxy) is 1. The fraction of sp³-hybridized carbons (Fsp3) is 0.464. The van der Waals surface area contributed by atoms with E-state index in [9.17, 15) is 14.4 Å². The lowest BCUT2D eigenvalue weighted by molar-refractivity contribution is -0.130. The number of aromatic nitrogens is 1. The summed E-state index contributed by atoms with van der Waals surface area (Å²) in [5.74, 6) is 1.25. The van der Waals surface area contributed by atoms with Crippen molar-refractivity contribution in [3.63, 3.8) is 0 Å². The number of nitriles is 1. The van der Waals surface area contributed by atoms with Gasteiger partial charge in [0, 0.05) is 42.9 Å². The second kappa shape index (κ2) is 10.6. The Balaban J connectivity index is 1.67. The Labute approximate surface area is 217 Å². The molecular weight excluding hydrogens is 475 g/mol. The third-order valence-electron chi connectivity index (χ3n) is 6.87. The second-order valence-corrected chi connectivity index (χ2v) is 11.3. The predicted molar refractivity (Wildman–Crippen MR) is 141 cm³/mol. The molecule has 8 heteroatoms. The zero-order chi connectivity index (χ0) is 26.0. The number of halogens is 1. The third kappa shape index (κ3) is 5.42. The molecule has 190 valence electrons. The molecule has 0 N–H and O–H groups in total. The van der Waals surface area contributed by atoms with Gasteiger partial charge in [0.15, 0.2) is 0 Å². The van der Waals surface area contributed by atoms with Crippen molar-refractivity contribution in [3.8, 4) is 6.07 Å². The molecule has 3 heterocycles. The summed E-state index contributed by atoms with van der Waals surface area (Å²) in [6.07, 6.45) is 2.75. The van der Waals surface area contributed by atoms with E-state index in [0.29, 0.717) is 31.7 Å². The molecule has 2 atom stereocenters. The maximum absolute atomic E-state index is 13.3. The maximum atomic E-state index is 13.3. The smallest absolute Gasteiger partial charge is 0.246 e. The lowest BCUT2D eigenvalue weighted by atomic mass is 9.89. The van der Waals surface area contributed by atoms with E-state index >= 15 is 0 Å². The van der Waals surface area contributed by atoms with Gasteiger partial charge >= 0.3 is 0 Å². The van der Waals surface area contributed by atoms with Crippen LogP contribution >= 0.6 is 11.8 Å². The summed E-state index contributed by atoms with van der Waals surface area (Å²) in [6, 6.07) is 8.92. The minimum absolute atomic E-state index is 0.0112. The van der Waals surface area contributed by atoms with Gasteiger partial charge in [0.1, 0.15) is 22.7 Å². The van der Waals surface area contributed by atoms with Crippen molar-refractivity contribution >= 4 is 23.5 Å². The van der Waals surface area contributed by atoms with E-state index in [1.807, 2.05) is 32.6 Å². The van der Waals surface area contributed by atoms with Gasteiger partial charge in [0.25, 0.3) is 0 Å². The van der Waals surface area contributed by atoms with Crippen molar-refractivity contribution in [2.75, 3.05) is 23.7 Å². The van der Waals surface area contributed by atoms with E-state index in [0.717, 1.165) is 39.7 Å². The molecular formula is C28H33FN4O2S. The van der Waals surface area contributed by atoms with Gasteiger partial charge in [-0.1, -0.05) is 18.7 Å². The number of fused-ring (bicyclic) bond motifs is 1. The molecule has 1 fully saturated rings. The number of pyridine rings is 1. The standard InChI is InChI=1S/C28H33FN4O2S/c1-6-25(34)33-18(2)15-32(16-19(33)3)26-24-17-35-28(4,5)13-22(24)23(14-30)27(31-26)36-12-11-20-7-9-21(29)10-8-20/h6-10,18-19H,1,11-13,15-17H2,2-5H3. The van der Waals surface area contributed by atoms with Crippen molar-refractivity contribution in [1.29, 1.82) is 5.26 Å². The first-order valence-electron chi connectivity index (χ1n) is 12.3. The van der Waals surface area contributed by atoms with Gasteiger partial charge in [-0.2, -0.15) is 5.26 Å². The van der Waals surface area contributed by atoms with Gasteiger partial charge in [-0.3, -0.25) is 4.79 Å². The third-order valence-corrected chi connectivity index (χ3v) is 7.85. The zero-order valence-electron chi connectivity index (χ0n) is 21.4. The Kier molecular flexibility index (Phi) is 7.72. The van der Waals surface area contributed by atoms with Gasteiger partial charge in [-0.05, 0) is 63.5 Å². The Morgan fingerprint density at radius 3 is 2.56 bits per heavy atom. The topological polar surface area (TPSA) is 69.5 Å². The minimum Gasteiger partial charge on any atom is -0.370 e. The monoisotopic (exact) mass is 508 g/mol. The van der Waals surface area contributed by atoms with Crippen LogP contribution in [0.3, 0.4) is 0 Å². The molecule has 0 bridgehead atoms. The average molecular weight is 509 g/mol. The summed E-state index contributed by atoms with van der Waals surface area (Å²) >= 11 is 1.56. The summed E-state index contributed by atoms with van der Waals surface area (Å²) in [7, 11) is 0. The van der Waals surface area contributed by atoms with Crippen LogP contribution in [0.4, 0.5) is 10.2 Å². The van der Waals surface area contributed by atoms with Gasteiger partial charge in [-0.15, -0.1) is 11.8 Å². The molecule has 36 heavy (non-hydrogen) atoms. The fourth-order valence-electron chi connectivity index (χ4n) is 5.16. The Morgan fingerprint density at radius 1 is 1.28 bits per heavy atom. The number of thioether (sulfide) groups is 1. The number of carbonyl (C=O) groups is 1. The second-order valence-electron chi connectivity index (χ2n) is 10.2. The van der Waals surface area contributed by atoms with Crippen molar-refractivity contribution in [3.05, 3.63) is 65.0 Å². The Hall–Kier alpha value is -2.89. The fourth-order valence-corrected chi connectivity index (χ4v) is 6.15. The number of carbonyl (C=O) groups excluding carboxylic acids is 1. The molecule has 2 aliphatic heterocycles. The van der Waals surface area contributed by atoms with Crippen molar-refractivity contribution in [2.45, 2.75) is 69.9 Å². The van der Waals surface area contributed by atoms with Crippen molar-refractivity contribution < 1.29 is 13.9 Å². The van der Waals surface area contributed by atoms with Crippen molar-refractivity contribution in [2.24, 2.45) is 0 Å². The zero-order valence-corrected chi connectivity index (χ0v) is 22.2. The molecule has 0 aliphatic carbocycles. The first-order valence-corrected chi connectivity index (χ1v) is 13.3. The van der Waals surface area contributed by atoms with Crippen LogP contribution in [0.25, 0.3) is 0 Å². The number of anilines is 1. The molecule has 1 amide bonds. The largest absolute Gasteiger partial charge is 0.370 e. The maximum Gasteiger partial charge on any atom is 0.246 e. The first kappa shape index (κ1) is 26.2. The molecule has 1 aromatic carbocycles. The number of nitrogens with zero attached hydrogens (tertiary/aromatic N) is 4. The molecule has 0 spiro atoms. The average Bonchev–Trinajstić information content (AvgIpc) is 2.83. The number of rotatable bonds is 6. The summed E-state index contributed by atoms with van der Waals surface area (Å²) in [5, 5.41) is 10.9. The van der Waals surface area contributed by atoms with Gasteiger partial charge in [0.2, 0.25) is 5.91 Å². The predicted octanol–water partition coefficient (Wildman–Crippen LogP) is 4.89. The molecule has 1 aromatic heterocycles. The first-order chi connectivity index (χ1) is 17.1. The molecule has 4 rings (SSSR count). The molecule has 1 saturated heterocycles. The van der Waals surface area contributed by atoms with Crippen LogP contribution < -0.4 is 4.90 Å². The van der Waals surface area contributed by atoms with E-state index in [2.05, 4.69) is 17.5 Å². The molecule has 0 saturated carbocycles. The van der Waals surface area contributed by atoms with E-state index in [-0.39, 0.29) is 29.4 Å². The van der Waals surface area contributed by atoms with E-state index in [1.54, 1.807) is 23.9 Å². The van der Waals surface area contributed by atoms with Crippen LogP contribution in [0.5, 0.6) is 0 Å². The van der Waals surface area contributed by atoms with E-state index in [1.165, 1.54) is 18.2 Å². The van der Waals surface area contributed by atoms with Crippen LogP contribution in [0.15, 0.2) is 41.9 Å². The van der Waals surface area contributed by atoms with Gasteiger partial charge < -0.3 is 14.5 Å². The molecule has 2 unspecified atom stereocenters. The van der Waals surface area contributed by atoms with Crippen LogP contribution in [-0.2, 0) is 29.0 Å². The molecule has 0 radical (unpaired) electrons. The normalized spacial score (nSPS) is 21.0. The summed E-state index contributed by atoms with van der Waals surface area (Å²) in [6.45, 7) is 13.5. The van der Waals surface area contributed by atoms with Gasteiger partial charge in [-0.25, -0.2) is 9.37 Å².